The van der Waals surface area contributed by atoms with Gasteiger partial charge in [0, 0.05) is 74.6 Å². The van der Waals surface area contributed by atoms with E-state index in [1.54, 1.807) is 18.3 Å². The van der Waals surface area contributed by atoms with Crippen LogP contribution in [0.5, 0.6) is 0 Å². The van der Waals surface area contributed by atoms with Gasteiger partial charge in [0.25, 0.3) is 17.7 Å². The molecule has 4 aromatic rings. The van der Waals surface area contributed by atoms with Crippen LogP contribution in [0.2, 0.25) is 0 Å². The zero-order valence-corrected chi connectivity index (χ0v) is 29.7. The zero-order chi connectivity index (χ0) is 36.6. The Morgan fingerprint density at radius 3 is 2.49 bits per heavy atom. The van der Waals surface area contributed by atoms with Crippen molar-refractivity contribution in [3.8, 4) is 0 Å². The van der Waals surface area contributed by atoms with Crippen molar-refractivity contribution in [1.29, 1.82) is 0 Å². The average Bonchev–Trinajstić information content (AvgIpc) is 3.88. The number of piperidine rings is 1. The number of carbonyl (C=O) groups is 5. The molecule has 0 radical (unpaired) electrons. The number of amides is 5. The molecule has 5 amide bonds. The first-order valence-corrected chi connectivity index (χ1v) is 18.6. The molecule has 0 bridgehead atoms. The maximum atomic E-state index is 13.6. The molecule has 1 unspecified atom stereocenters. The van der Waals surface area contributed by atoms with Gasteiger partial charge in [-0.05, 0) is 61.9 Å². The lowest BCUT2D eigenvalue weighted by atomic mass is 10.0. The second-order valence-corrected chi connectivity index (χ2v) is 14.4. The molecular formula is C39H43N9O5. The van der Waals surface area contributed by atoms with Gasteiger partial charge in [0.2, 0.25) is 11.8 Å². The van der Waals surface area contributed by atoms with Crippen LogP contribution >= 0.6 is 0 Å². The summed E-state index contributed by atoms with van der Waals surface area (Å²) in [5, 5.41) is 13.6. The van der Waals surface area contributed by atoms with E-state index >= 15 is 0 Å². The van der Waals surface area contributed by atoms with E-state index in [0.29, 0.717) is 29.9 Å². The standard InChI is InChI=1S/C39H43N9O5/c1-2-4-26-22-33(48-32(41-26)15-16-40-48)42-27-11-12-28(21-27)43-36(50)25-9-7-24(8-10-25)23-45-17-19-46(20-18-45)30-6-3-5-29-35(30)39(53)47(38(29)52)31-13-14-34(49)44-37(31)51/h3,5-10,15-16,22,27-28,31,42H,2,4,11-14,17-21,23H2,1H3,(H,43,50)(H,44,49,51)/t27-,28-,31?/m1/s1. The molecule has 1 aliphatic carbocycles. The number of fused-ring (bicyclic) bond motifs is 2. The van der Waals surface area contributed by atoms with Crippen molar-refractivity contribution in [3.63, 3.8) is 0 Å². The van der Waals surface area contributed by atoms with E-state index < -0.39 is 29.7 Å². The summed E-state index contributed by atoms with van der Waals surface area (Å²) in [6.07, 6.45) is 6.58. The Bertz CT molecular complexity index is 2090. The highest BCUT2D eigenvalue weighted by atomic mass is 16.2. The van der Waals surface area contributed by atoms with Crippen LogP contribution in [-0.2, 0) is 22.6 Å². The van der Waals surface area contributed by atoms with E-state index in [2.05, 4.69) is 43.8 Å². The predicted octanol–water partition coefficient (Wildman–Crippen LogP) is 3.17. The van der Waals surface area contributed by atoms with Crippen LogP contribution in [0.3, 0.4) is 0 Å². The SMILES string of the molecule is CCCc1cc(N[C@@H]2CC[C@@H](NC(=O)c3ccc(CN4CCN(c5cccc6c5C(=O)N(C5CCC(=O)NC5=O)C6=O)CC4)cc3)C2)n2nccc2n1. The molecule has 3 atom stereocenters. The largest absolute Gasteiger partial charge is 0.368 e. The molecule has 53 heavy (non-hydrogen) atoms. The first-order chi connectivity index (χ1) is 25.7. The Labute approximate surface area is 306 Å². The minimum absolute atomic E-state index is 0.0704. The Hall–Kier alpha value is -5.63. The molecule has 0 spiro atoms. The van der Waals surface area contributed by atoms with Gasteiger partial charge in [-0.1, -0.05) is 31.5 Å². The minimum atomic E-state index is -0.994. The Balaban J connectivity index is 0.831. The first-order valence-electron chi connectivity index (χ1n) is 18.6. The normalized spacial score (nSPS) is 22.0. The molecule has 3 fully saturated rings. The fraction of sp³-hybridized carbons (Fsp3) is 0.410. The molecule has 14 heteroatoms. The summed E-state index contributed by atoms with van der Waals surface area (Å²) in [5.74, 6) is -1.14. The van der Waals surface area contributed by atoms with Crippen molar-refractivity contribution >= 4 is 46.7 Å². The van der Waals surface area contributed by atoms with Gasteiger partial charge in [0.1, 0.15) is 11.9 Å². The van der Waals surface area contributed by atoms with Crippen LogP contribution < -0.4 is 20.9 Å². The number of rotatable bonds is 10. The van der Waals surface area contributed by atoms with Crippen molar-refractivity contribution in [2.45, 2.75) is 76.5 Å². The average molecular weight is 718 g/mol. The van der Waals surface area contributed by atoms with Crippen molar-refractivity contribution in [1.82, 2.24) is 35.0 Å². The van der Waals surface area contributed by atoms with Crippen LogP contribution in [0, 0.1) is 0 Å². The van der Waals surface area contributed by atoms with Gasteiger partial charge >= 0.3 is 0 Å². The van der Waals surface area contributed by atoms with Crippen molar-refractivity contribution in [2.75, 3.05) is 36.4 Å². The Kier molecular flexibility index (Phi) is 9.37. The molecule has 14 nitrogen and oxygen atoms in total. The van der Waals surface area contributed by atoms with Crippen molar-refractivity contribution in [2.24, 2.45) is 0 Å². The first kappa shape index (κ1) is 34.5. The summed E-state index contributed by atoms with van der Waals surface area (Å²) in [7, 11) is 0. The fourth-order valence-electron chi connectivity index (χ4n) is 8.10. The molecular weight excluding hydrogens is 674 g/mol. The molecule has 1 saturated carbocycles. The molecule has 274 valence electrons. The molecule has 2 aromatic carbocycles. The predicted molar refractivity (Wildman–Crippen MR) is 197 cm³/mol. The lowest BCUT2D eigenvalue weighted by Gasteiger charge is -2.36. The second-order valence-electron chi connectivity index (χ2n) is 14.4. The van der Waals surface area contributed by atoms with Crippen LogP contribution in [0.25, 0.3) is 5.65 Å². The lowest BCUT2D eigenvalue weighted by Crippen LogP contribution is -2.54. The summed E-state index contributed by atoms with van der Waals surface area (Å²) in [6.45, 7) is 5.66. The van der Waals surface area contributed by atoms with Gasteiger partial charge in [0.05, 0.1) is 23.0 Å². The number of carbonyl (C=O) groups excluding carboxylic acids is 5. The van der Waals surface area contributed by atoms with Gasteiger partial charge in [-0.2, -0.15) is 9.61 Å². The monoisotopic (exact) mass is 717 g/mol. The molecule has 8 rings (SSSR count). The number of hydrogen-bond donors (Lipinski definition) is 3. The zero-order valence-electron chi connectivity index (χ0n) is 29.7. The van der Waals surface area contributed by atoms with Gasteiger partial charge in [-0.3, -0.25) is 39.1 Å². The van der Waals surface area contributed by atoms with Gasteiger partial charge in [-0.15, -0.1) is 0 Å². The Morgan fingerprint density at radius 1 is 0.925 bits per heavy atom. The number of hydrogen-bond acceptors (Lipinski definition) is 10. The number of aryl methyl sites for hydroxylation is 1. The topological polar surface area (TPSA) is 161 Å². The third-order valence-electron chi connectivity index (χ3n) is 10.8. The smallest absolute Gasteiger partial charge is 0.264 e. The number of piperazine rings is 1. The third kappa shape index (κ3) is 6.86. The van der Waals surface area contributed by atoms with Crippen LogP contribution in [0.1, 0.15) is 87.8 Å². The van der Waals surface area contributed by atoms with Crippen LogP contribution in [-0.4, -0.2) is 98.2 Å². The van der Waals surface area contributed by atoms with E-state index in [1.165, 1.54) is 0 Å². The van der Waals surface area contributed by atoms with Crippen LogP contribution in [0.4, 0.5) is 11.5 Å². The van der Waals surface area contributed by atoms with Gasteiger partial charge in [-0.25, -0.2) is 4.98 Å². The molecule has 3 N–H and O–H groups in total. The van der Waals surface area contributed by atoms with E-state index in [4.69, 9.17) is 4.98 Å². The van der Waals surface area contributed by atoms with E-state index in [0.717, 1.165) is 79.4 Å². The molecule has 2 saturated heterocycles. The molecule has 3 aliphatic heterocycles. The highest BCUT2D eigenvalue weighted by Crippen LogP contribution is 2.35. The Morgan fingerprint density at radius 2 is 1.72 bits per heavy atom. The summed E-state index contributed by atoms with van der Waals surface area (Å²) in [4.78, 5) is 74.4. The number of nitrogens with zero attached hydrogens (tertiary/aromatic N) is 6. The van der Waals surface area contributed by atoms with Crippen molar-refractivity contribution < 1.29 is 24.0 Å². The maximum absolute atomic E-state index is 13.6. The van der Waals surface area contributed by atoms with Gasteiger partial charge in [0.15, 0.2) is 5.65 Å². The molecule has 5 heterocycles. The second kappa shape index (κ2) is 14.4. The molecule has 2 aromatic heterocycles. The lowest BCUT2D eigenvalue weighted by molar-refractivity contribution is -0.136. The summed E-state index contributed by atoms with van der Waals surface area (Å²) < 4.78 is 1.84. The summed E-state index contributed by atoms with van der Waals surface area (Å²) in [5.41, 5.74) is 4.91. The highest BCUT2D eigenvalue weighted by Gasteiger charge is 2.46. The minimum Gasteiger partial charge on any atom is -0.368 e. The summed E-state index contributed by atoms with van der Waals surface area (Å²) in [6, 6.07) is 16.3. The molecule has 4 aliphatic rings. The number of imide groups is 2. The van der Waals surface area contributed by atoms with Crippen LogP contribution in [0.15, 0.2) is 60.8 Å². The van der Waals surface area contributed by atoms with Crippen molar-refractivity contribution in [3.05, 3.63) is 88.7 Å². The number of anilines is 2. The number of aromatic nitrogens is 3. The third-order valence-corrected chi connectivity index (χ3v) is 10.8. The van der Waals surface area contributed by atoms with E-state index in [9.17, 15) is 24.0 Å². The summed E-state index contributed by atoms with van der Waals surface area (Å²) >= 11 is 0. The fourth-order valence-corrected chi connectivity index (χ4v) is 8.10. The quantitative estimate of drug-likeness (QED) is 0.208. The van der Waals surface area contributed by atoms with E-state index in [1.807, 2.05) is 40.9 Å². The maximum Gasteiger partial charge on any atom is 0.264 e. The number of benzene rings is 2. The number of nitrogens with one attached hydrogen (secondary N) is 3. The highest BCUT2D eigenvalue weighted by molar-refractivity contribution is 6.25. The van der Waals surface area contributed by atoms with E-state index in [-0.39, 0.29) is 36.4 Å². The van der Waals surface area contributed by atoms with Gasteiger partial charge < -0.3 is 15.5 Å².